The van der Waals surface area contributed by atoms with Gasteiger partial charge in [-0.3, -0.25) is 9.52 Å². The Labute approximate surface area is 186 Å². The minimum Gasteiger partial charge on any atom is -0.486 e. The van der Waals surface area contributed by atoms with Gasteiger partial charge in [0.15, 0.2) is 11.5 Å². The summed E-state index contributed by atoms with van der Waals surface area (Å²) in [4.78, 5) is 12.5. The molecule has 0 bridgehead atoms. The maximum Gasteiger partial charge on any atom is 0.262 e. The van der Waals surface area contributed by atoms with E-state index in [1.54, 1.807) is 36.6 Å². The molecule has 4 rings (SSSR count). The number of ether oxygens (including phenoxy) is 2. The molecule has 2 N–H and O–H groups in total. The molecule has 0 unspecified atom stereocenters. The Morgan fingerprint density at radius 1 is 1.03 bits per heavy atom. The molecule has 168 valence electrons. The molecule has 0 saturated carbocycles. The zero-order valence-corrected chi connectivity index (χ0v) is 18.4. The Morgan fingerprint density at radius 2 is 1.78 bits per heavy atom. The fourth-order valence-electron chi connectivity index (χ4n) is 3.29. The molecule has 9 heteroatoms. The van der Waals surface area contributed by atoms with Gasteiger partial charge in [-0.25, -0.2) is 8.42 Å². The predicted octanol–water partition coefficient (Wildman–Crippen LogP) is 3.60. The largest absolute Gasteiger partial charge is 0.486 e. The molecule has 0 radical (unpaired) electrons. The van der Waals surface area contributed by atoms with Gasteiger partial charge in [0, 0.05) is 29.8 Å². The summed E-state index contributed by atoms with van der Waals surface area (Å²) in [5.74, 6) is 1.57. The van der Waals surface area contributed by atoms with Crippen LogP contribution < -0.4 is 19.5 Å². The number of rotatable bonds is 8. The second-order valence-electron chi connectivity index (χ2n) is 7.48. The Kier molecular flexibility index (Phi) is 6.36. The number of nitrogens with one attached hydrogen (secondary N) is 2. The molecule has 8 nitrogen and oxygen atoms in total. The number of sulfonamides is 1. The van der Waals surface area contributed by atoms with Crippen molar-refractivity contribution >= 4 is 21.6 Å². The van der Waals surface area contributed by atoms with Crippen molar-refractivity contribution in [1.82, 2.24) is 5.32 Å². The lowest BCUT2D eigenvalue weighted by Gasteiger charge is -2.19. The lowest BCUT2D eigenvalue weighted by molar-refractivity contribution is 0.0938. The number of aryl methyl sites for hydroxylation is 1. The predicted molar refractivity (Wildman–Crippen MR) is 119 cm³/mol. The first kappa shape index (κ1) is 21.8. The number of hydrogen-bond acceptors (Lipinski definition) is 6. The molecular formula is C23H24N2O6S. The monoisotopic (exact) mass is 456 g/mol. The van der Waals surface area contributed by atoms with Gasteiger partial charge in [0.25, 0.3) is 15.9 Å². The van der Waals surface area contributed by atoms with Gasteiger partial charge in [-0.2, -0.15) is 0 Å². The molecule has 2 heterocycles. The van der Waals surface area contributed by atoms with Crippen LogP contribution in [0.15, 0.2) is 70.2 Å². The number of carbonyl (C=O) groups excluding carboxylic acids is 1. The van der Waals surface area contributed by atoms with E-state index in [9.17, 15) is 13.2 Å². The third kappa shape index (κ3) is 5.23. The maximum absolute atomic E-state index is 12.7. The summed E-state index contributed by atoms with van der Waals surface area (Å²) >= 11 is 0. The highest BCUT2D eigenvalue weighted by Gasteiger charge is 2.20. The summed E-state index contributed by atoms with van der Waals surface area (Å²) in [6.45, 7) is 2.73. The van der Waals surface area contributed by atoms with Gasteiger partial charge in [-0.15, -0.1) is 0 Å². The highest BCUT2D eigenvalue weighted by atomic mass is 32.2. The van der Waals surface area contributed by atoms with E-state index in [4.69, 9.17) is 13.9 Å². The summed E-state index contributed by atoms with van der Waals surface area (Å²) in [5.41, 5.74) is 0.791. The molecule has 1 aliphatic heterocycles. The van der Waals surface area contributed by atoms with Crippen LogP contribution in [0, 0.1) is 0 Å². The topological polar surface area (TPSA) is 107 Å². The van der Waals surface area contributed by atoms with Gasteiger partial charge in [0.2, 0.25) is 0 Å². The van der Waals surface area contributed by atoms with E-state index in [1.165, 1.54) is 12.1 Å². The van der Waals surface area contributed by atoms with Crippen LogP contribution in [0.5, 0.6) is 11.5 Å². The van der Waals surface area contributed by atoms with E-state index in [0.29, 0.717) is 36.0 Å². The van der Waals surface area contributed by atoms with Crippen molar-refractivity contribution in [1.29, 1.82) is 0 Å². The van der Waals surface area contributed by atoms with Crippen LogP contribution in [0.1, 0.15) is 29.5 Å². The molecule has 0 saturated heterocycles. The van der Waals surface area contributed by atoms with Gasteiger partial charge in [-0.1, -0.05) is 0 Å². The molecule has 0 fully saturated rings. The first-order valence-electron chi connectivity index (χ1n) is 10.3. The van der Waals surface area contributed by atoms with Crippen LogP contribution in [0.3, 0.4) is 0 Å². The number of carbonyl (C=O) groups is 1. The van der Waals surface area contributed by atoms with Crippen molar-refractivity contribution < 1.29 is 27.1 Å². The number of anilines is 1. The zero-order valence-electron chi connectivity index (χ0n) is 17.5. The van der Waals surface area contributed by atoms with Crippen molar-refractivity contribution in [2.75, 3.05) is 17.9 Å². The van der Waals surface area contributed by atoms with E-state index in [1.807, 2.05) is 19.1 Å². The Bertz CT molecular complexity index is 1170. The smallest absolute Gasteiger partial charge is 0.262 e. The Hall–Kier alpha value is -3.46. The lowest BCUT2D eigenvalue weighted by atomic mass is 10.1. The van der Waals surface area contributed by atoms with Crippen LogP contribution in [-0.2, 0) is 16.4 Å². The third-order valence-corrected chi connectivity index (χ3v) is 6.38. The zero-order chi connectivity index (χ0) is 22.6. The van der Waals surface area contributed by atoms with Gasteiger partial charge >= 0.3 is 0 Å². The molecule has 1 aliphatic rings. The second kappa shape index (κ2) is 9.35. The van der Waals surface area contributed by atoms with Crippen LogP contribution >= 0.6 is 0 Å². The van der Waals surface area contributed by atoms with E-state index < -0.39 is 10.0 Å². The molecule has 1 amide bonds. The number of furan rings is 1. The average Bonchev–Trinajstić information content (AvgIpc) is 3.31. The first-order chi connectivity index (χ1) is 15.4. The van der Waals surface area contributed by atoms with E-state index in [2.05, 4.69) is 10.0 Å². The highest BCUT2D eigenvalue weighted by molar-refractivity contribution is 7.92. The summed E-state index contributed by atoms with van der Waals surface area (Å²) in [7, 11) is -3.82. The number of hydrogen-bond donors (Lipinski definition) is 2. The fourth-order valence-corrected chi connectivity index (χ4v) is 4.36. The Balaban J connectivity index is 1.36. The molecule has 1 aromatic heterocycles. The van der Waals surface area contributed by atoms with Crippen molar-refractivity contribution in [3.63, 3.8) is 0 Å². The van der Waals surface area contributed by atoms with Crippen molar-refractivity contribution in [3.05, 3.63) is 72.2 Å². The minimum absolute atomic E-state index is 0.0408. The second-order valence-corrected chi connectivity index (χ2v) is 9.16. The minimum atomic E-state index is -3.82. The fraction of sp³-hybridized carbons (Fsp3) is 0.261. The van der Waals surface area contributed by atoms with Crippen LogP contribution in [0.4, 0.5) is 5.69 Å². The van der Waals surface area contributed by atoms with Crippen LogP contribution in [0.2, 0.25) is 0 Å². The lowest BCUT2D eigenvalue weighted by Crippen LogP contribution is -2.32. The maximum atomic E-state index is 12.7. The summed E-state index contributed by atoms with van der Waals surface area (Å²) < 4.78 is 44.2. The van der Waals surface area contributed by atoms with Crippen molar-refractivity contribution in [2.45, 2.75) is 30.7 Å². The van der Waals surface area contributed by atoms with E-state index >= 15 is 0 Å². The van der Waals surface area contributed by atoms with Crippen molar-refractivity contribution in [3.8, 4) is 11.5 Å². The number of benzene rings is 2. The van der Waals surface area contributed by atoms with E-state index in [-0.39, 0.29) is 16.8 Å². The van der Waals surface area contributed by atoms with E-state index in [0.717, 1.165) is 18.6 Å². The third-order valence-electron chi connectivity index (χ3n) is 5.00. The van der Waals surface area contributed by atoms with Gasteiger partial charge in [0.05, 0.1) is 11.2 Å². The summed E-state index contributed by atoms with van der Waals surface area (Å²) in [6.07, 6.45) is 3.10. The summed E-state index contributed by atoms with van der Waals surface area (Å²) in [6, 6.07) is 14.4. The molecule has 3 aromatic rings. The number of fused-ring (bicyclic) bond motifs is 1. The SMILES string of the molecule is C[C@@H](CCc1ccco1)NC(=O)c1ccc(NS(=O)(=O)c2ccc3c(c2)OCCO3)cc1. The summed E-state index contributed by atoms with van der Waals surface area (Å²) in [5, 5.41) is 2.94. The van der Waals surface area contributed by atoms with Gasteiger partial charge in [0.1, 0.15) is 19.0 Å². The molecular weight excluding hydrogens is 432 g/mol. The van der Waals surface area contributed by atoms with Crippen LogP contribution in [-0.4, -0.2) is 33.6 Å². The number of amides is 1. The molecule has 1 atom stereocenters. The quantitative estimate of drug-likeness (QED) is 0.536. The first-order valence-corrected chi connectivity index (χ1v) is 11.7. The normalized spacial score (nSPS) is 13.9. The molecule has 32 heavy (non-hydrogen) atoms. The Morgan fingerprint density at radius 3 is 2.50 bits per heavy atom. The van der Waals surface area contributed by atoms with Crippen LogP contribution in [0.25, 0.3) is 0 Å². The highest BCUT2D eigenvalue weighted by Crippen LogP contribution is 2.32. The van der Waals surface area contributed by atoms with Gasteiger partial charge in [-0.05, 0) is 61.9 Å². The standard InChI is InChI=1S/C23H24N2O6S/c1-16(4-9-19-3-2-12-29-19)24-23(26)17-5-7-18(8-6-17)25-32(27,28)20-10-11-21-22(15-20)31-14-13-30-21/h2-3,5-8,10-12,15-16,25H,4,9,13-14H2,1H3,(H,24,26)/t16-/m0/s1. The molecule has 0 aliphatic carbocycles. The molecule has 2 aromatic carbocycles. The average molecular weight is 457 g/mol. The molecule has 0 spiro atoms. The van der Waals surface area contributed by atoms with Gasteiger partial charge < -0.3 is 19.2 Å². The van der Waals surface area contributed by atoms with Crippen molar-refractivity contribution in [2.24, 2.45) is 0 Å².